The molecule has 5 heteroatoms. The number of ether oxygens (including phenoxy) is 2. The van der Waals surface area contributed by atoms with Crippen molar-refractivity contribution in [3.63, 3.8) is 0 Å². The highest BCUT2D eigenvalue weighted by Gasteiger charge is 2.17. The van der Waals surface area contributed by atoms with Crippen molar-refractivity contribution in [3.8, 4) is 5.75 Å². The fourth-order valence-electron chi connectivity index (χ4n) is 3.20. The third-order valence-corrected chi connectivity index (χ3v) is 4.45. The highest BCUT2D eigenvalue weighted by molar-refractivity contribution is 5.54. The van der Waals surface area contributed by atoms with Crippen molar-refractivity contribution in [2.24, 2.45) is 0 Å². The summed E-state index contributed by atoms with van der Waals surface area (Å²) in [6.07, 6.45) is 6.96. The molecule has 1 fully saturated rings. The summed E-state index contributed by atoms with van der Waals surface area (Å²) in [7, 11) is 1.75. The second kappa shape index (κ2) is 7.79. The predicted octanol–water partition coefficient (Wildman–Crippen LogP) is 2.15. The lowest BCUT2D eigenvalue weighted by atomic mass is 10.0. The third kappa shape index (κ3) is 3.90. The molecule has 122 valence electrons. The standard InChI is InChI=1S/C17H27N3O2/c1-21-16-11-13(20-17-15(16)6-4-8-19-17)5-2-3-10-22-14-7-9-18-12-14/h11,14,18H,2-10,12H2,1H3,(H,19,20)/t14-/m1/s1. The number of rotatable bonds is 7. The normalized spacial score (nSPS) is 20.5. The minimum atomic E-state index is 0.422. The van der Waals surface area contributed by atoms with Gasteiger partial charge in [-0.1, -0.05) is 0 Å². The first-order valence-electron chi connectivity index (χ1n) is 8.50. The summed E-state index contributed by atoms with van der Waals surface area (Å²) >= 11 is 0. The van der Waals surface area contributed by atoms with Gasteiger partial charge in [-0.05, 0) is 45.1 Å². The quantitative estimate of drug-likeness (QED) is 0.756. The highest BCUT2D eigenvalue weighted by atomic mass is 16.5. The van der Waals surface area contributed by atoms with Crippen LogP contribution in [0.4, 0.5) is 5.82 Å². The number of aryl methyl sites for hydroxylation is 1. The van der Waals surface area contributed by atoms with E-state index in [0.717, 1.165) is 82.0 Å². The average molecular weight is 305 g/mol. The van der Waals surface area contributed by atoms with Gasteiger partial charge in [-0.2, -0.15) is 0 Å². The molecular formula is C17H27N3O2. The number of anilines is 1. The Labute approximate surface area is 132 Å². The number of fused-ring (bicyclic) bond motifs is 1. The summed E-state index contributed by atoms with van der Waals surface area (Å²) in [6.45, 7) is 3.97. The van der Waals surface area contributed by atoms with E-state index in [9.17, 15) is 0 Å². The second-order valence-electron chi connectivity index (χ2n) is 6.12. The molecule has 5 nitrogen and oxygen atoms in total. The number of unbranched alkanes of at least 4 members (excludes halogenated alkanes) is 1. The molecule has 2 aliphatic rings. The zero-order valence-corrected chi connectivity index (χ0v) is 13.5. The van der Waals surface area contributed by atoms with Crippen LogP contribution in [0.25, 0.3) is 0 Å². The van der Waals surface area contributed by atoms with E-state index < -0.39 is 0 Å². The van der Waals surface area contributed by atoms with Crippen molar-refractivity contribution in [2.75, 3.05) is 38.7 Å². The largest absolute Gasteiger partial charge is 0.496 e. The van der Waals surface area contributed by atoms with Crippen molar-refractivity contribution >= 4 is 5.82 Å². The molecule has 0 radical (unpaired) electrons. The first-order valence-corrected chi connectivity index (χ1v) is 8.50. The number of hydrogen-bond acceptors (Lipinski definition) is 5. The summed E-state index contributed by atoms with van der Waals surface area (Å²) in [5.74, 6) is 2.01. The van der Waals surface area contributed by atoms with Gasteiger partial charge in [-0.25, -0.2) is 4.98 Å². The van der Waals surface area contributed by atoms with Gasteiger partial charge in [0.05, 0.1) is 13.2 Å². The first kappa shape index (κ1) is 15.6. The molecule has 1 aromatic rings. The zero-order chi connectivity index (χ0) is 15.2. The number of aromatic nitrogens is 1. The Morgan fingerprint density at radius 3 is 3.09 bits per heavy atom. The number of methoxy groups -OCH3 is 1. The third-order valence-electron chi connectivity index (χ3n) is 4.45. The smallest absolute Gasteiger partial charge is 0.133 e. The van der Waals surface area contributed by atoms with Gasteiger partial charge in [0.15, 0.2) is 0 Å². The van der Waals surface area contributed by atoms with Crippen LogP contribution in [0.5, 0.6) is 5.75 Å². The molecule has 3 rings (SSSR count). The topological polar surface area (TPSA) is 55.4 Å². The minimum Gasteiger partial charge on any atom is -0.496 e. The lowest BCUT2D eigenvalue weighted by Gasteiger charge is -2.20. The summed E-state index contributed by atoms with van der Waals surface area (Å²) in [6, 6.07) is 2.10. The average Bonchev–Trinajstić information content (AvgIpc) is 3.07. The van der Waals surface area contributed by atoms with Crippen LogP contribution in [0, 0.1) is 0 Å². The Hall–Kier alpha value is -1.33. The van der Waals surface area contributed by atoms with Crippen LogP contribution in [0.2, 0.25) is 0 Å². The SMILES string of the molecule is COc1cc(CCCCO[C@@H]2CCNC2)nc2c1CCCN2. The molecule has 1 aromatic heterocycles. The van der Waals surface area contributed by atoms with Gasteiger partial charge in [0.25, 0.3) is 0 Å². The maximum atomic E-state index is 5.86. The predicted molar refractivity (Wildman–Crippen MR) is 87.8 cm³/mol. The number of nitrogens with zero attached hydrogens (tertiary/aromatic N) is 1. The summed E-state index contributed by atoms with van der Waals surface area (Å²) in [5, 5.41) is 6.72. The lowest BCUT2D eigenvalue weighted by molar-refractivity contribution is 0.0645. The van der Waals surface area contributed by atoms with Crippen LogP contribution in [0.3, 0.4) is 0 Å². The first-order chi connectivity index (χ1) is 10.9. The molecule has 2 N–H and O–H groups in total. The Balaban J connectivity index is 1.47. The monoisotopic (exact) mass is 305 g/mol. The summed E-state index contributed by atoms with van der Waals surface area (Å²) in [4.78, 5) is 4.76. The van der Waals surface area contributed by atoms with Gasteiger partial charge < -0.3 is 20.1 Å². The summed E-state index contributed by atoms with van der Waals surface area (Å²) < 4.78 is 11.4. The van der Waals surface area contributed by atoms with Gasteiger partial charge in [0.1, 0.15) is 11.6 Å². The van der Waals surface area contributed by atoms with Gasteiger partial charge in [0, 0.05) is 37.0 Å². The molecule has 1 atom stereocenters. The minimum absolute atomic E-state index is 0.422. The van der Waals surface area contributed by atoms with E-state index in [0.29, 0.717) is 6.10 Å². The van der Waals surface area contributed by atoms with Crippen molar-refractivity contribution < 1.29 is 9.47 Å². The van der Waals surface area contributed by atoms with Crippen LogP contribution < -0.4 is 15.4 Å². The fourth-order valence-corrected chi connectivity index (χ4v) is 3.20. The van der Waals surface area contributed by atoms with E-state index in [1.807, 2.05) is 0 Å². The molecule has 0 amide bonds. The van der Waals surface area contributed by atoms with Crippen molar-refractivity contribution in [1.29, 1.82) is 0 Å². The number of nitrogens with one attached hydrogen (secondary N) is 2. The van der Waals surface area contributed by atoms with E-state index in [1.165, 1.54) is 5.56 Å². The summed E-state index contributed by atoms with van der Waals surface area (Å²) in [5.41, 5.74) is 2.35. The van der Waals surface area contributed by atoms with Crippen LogP contribution in [0.15, 0.2) is 6.07 Å². The van der Waals surface area contributed by atoms with Crippen LogP contribution in [0.1, 0.15) is 36.9 Å². The van der Waals surface area contributed by atoms with E-state index in [4.69, 9.17) is 14.5 Å². The molecule has 22 heavy (non-hydrogen) atoms. The van der Waals surface area contributed by atoms with E-state index in [1.54, 1.807) is 7.11 Å². The van der Waals surface area contributed by atoms with Gasteiger partial charge >= 0.3 is 0 Å². The molecule has 1 saturated heterocycles. The molecule has 0 saturated carbocycles. The van der Waals surface area contributed by atoms with Gasteiger partial charge in [0.2, 0.25) is 0 Å². The molecule has 0 unspecified atom stereocenters. The Morgan fingerprint density at radius 1 is 1.32 bits per heavy atom. The molecule has 0 spiro atoms. The Morgan fingerprint density at radius 2 is 2.27 bits per heavy atom. The number of pyridine rings is 1. The maximum Gasteiger partial charge on any atom is 0.133 e. The molecule has 0 aliphatic carbocycles. The van der Waals surface area contributed by atoms with Crippen LogP contribution >= 0.6 is 0 Å². The highest BCUT2D eigenvalue weighted by Crippen LogP contribution is 2.30. The van der Waals surface area contributed by atoms with Gasteiger partial charge in [-0.15, -0.1) is 0 Å². The van der Waals surface area contributed by atoms with Gasteiger partial charge in [-0.3, -0.25) is 0 Å². The maximum absolute atomic E-state index is 5.86. The molecule has 0 bridgehead atoms. The molecule has 3 heterocycles. The van der Waals surface area contributed by atoms with E-state index >= 15 is 0 Å². The van der Waals surface area contributed by atoms with Crippen molar-refractivity contribution in [1.82, 2.24) is 10.3 Å². The van der Waals surface area contributed by atoms with Crippen molar-refractivity contribution in [2.45, 2.75) is 44.6 Å². The van der Waals surface area contributed by atoms with E-state index in [-0.39, 0.29) is 0 Å². The lowest BCUT2D eigenvalue weighted by Crippen LogP contribution is -2.17. The second-order valence-corrected chi connectivity index (χ2v) is 6.12. The Bertz CT molecular complexity index is 470. The fraction of sp³-hybridized carbons (Fsp3) is 0.706. The Kier molecular flexibility index (Phi) is 5.51. The molecule has 2 aliphatic heterocycles. The van der Waals surface area contributed by atoms with E-state index in [2.05, 4.69) is 16.7 Å². The van der Waals surface area contributed by atoms with Crippen LogP contribution in [-0.4, -0.2) is 44.4 Å². The zero-order valence-electron chi connectivity index (χ0n) is 13.5. The molecule has 0 aromatic carbocycles. The molecular weight excluding hydrogens is 278 g/mol. The van der Waals surface area contributed by atoms with Crippen LogP contribution in [-0.2, 0) is 17.6 Å². The van der Waals surface area contributed by atoms with Crippen molar-refractivity contribution in [3.05, 3.63) is 17.3 Å². The number of hydrogen-bond donors (Lipinski definition) is 2.